The average Bonchev–Trinajstić information content (AvgIpc) is 2.79. The lowest BCUT2D eigenvalue weighted by molar-refractivity contribution is -0.129. The Morgan fingerprint density at radius 2 is 1.68 bits per heavy atom. The smallest absolute Gasteiger partial charge is 0.409 e. The molecule has 3 rings (SSSR count). The second-order valence-electron chi connectivity index (χ2n) is 6.93. The standard InChI is InChI=1S/C21H25N5O4S/c1-3-30-21(29)26-12-10-25(11-13-26)19(27)14-31-18-9-8-17(23-24-18)22-20(28)16-6-4-15(2)5-7-16/h4-9H,3,10-14H2,1-2H3,(H,22,23,28). The number of rotatable bonds is 6. The number of anilines is 1. The third-order valence-corrected chi connectivity index (χ3v) is 5.60. The molecule has 3 amide bonds. The molecule has 10 heteroatoms. The summed E-state index contributed by atoms with van der Waals surface area (Å²) in [6.45, 7) is 5.95. The van der Waals surface area contributed by atoms with Crippen LogP contribution in [0.4, 0.5) is 10.6 Å². The SMILES string of the molecule is CCOC(=O)N1CCN(C(=O)CSc2ccc(NC(=O)c3ccc(C)cc3)nn2)CC1. The number of carbonyl (C=O) groups is 3. The molecule has 1 fully saturated rings. The Labute approximate surface area is 185 Å². The predicted molar refractivity (Wildman–Crippen MR) is 117 cm³/mol. The Morgan fingerprint density at radius 3 is 2.29 bits per heavy atom. The predicted octanol–water partition coefficient (Wildman–Crippen LogP) is 2.43. The highest BCUT2D eigenvalue weighted by Gasteiger charge is 2.24. The summed E-state index contributed by atoms with van der Waals surface area (Å²) in [5.74, 6) is 0.290. The summed E-state index contributed by atoms with van der Waals surface area (Å²) in [6.07, 6.45) is -0.339. The molecule has 0 aliphatic carbocycles. The lowest BCUT2D eigenvalue weighted by Crippen LogP contribution is -2.51. The highest BCUT2D eigenvalue weighted by Crippen LogP contribution is 2.17. The molecule has 1 N–H and O–H groups in total. The zero-order valence-electron chi connectivity index (χ0n) is 17.5. The first-order valence-electron chi connectivity index (χ1n) is 10.0. The monoisotopic (exact) mass is 443 g/mol. The second kappa shape index (κ2) is 10.8. The fraction of sp³-hybridized carbons (Fsp3) is 0.381. The van der Waals surface area contributed by atoms with Gasteiger partial charge < -0.3 is 19.9 Å². The van der Waals surface area contributed by atoms with Gasteiger partial charge in [-0.1, -0.05) is 29.5 Å². The molecule has 1 saturated heterocycles. The number of aryl methyl sites for hydroxylation is 1. The van der Waals surface area contributed by atoms with Crippen LogP contribution < -0.4 is 5.32 Å². The number of benzene rings is 1. The van der Waals surface area contributed by atoms with E-state index in [0.29, 0.717) is 49.2 Å². The van der Waals surface area contributed by atoms with E-state index in [-0.39, 0.29) is 23.7 Å². The van der Waals surface area contributed by atoms with Crippen molar-refractivity contribution in [2.24, 2.45) is 0 Å². The minimum atomic E-state index is -0.339. The molecule has 1 aromatic carbocycles. The third kappa shape index (κ3) is 6.42. The number of piperazine rings is 1. The van der Waals surface area contributed by atoms with Gasteiger partial charge in [-0.2, -0.15) is 0 Å². The lowest BCUT2D eigenvalue weighted by Gasteiger charge is -2.34. The Bertz CT molecular complexity index is 912. The summed E-state index contributed by atoms with van der Waals surface area (Å²) in [6, 6.07) is 10.6. The molecule has 9 nitrogen and oxygen atoms in total. The quantitative estimate of drug-likeness (QED) is 0.684. The Morgan fingerprint density at radius 1 is 1.00 bits per heavy atom. The summed E-state index contributed by atoms with van der Waals surface area (Å²) in [7, 11) is 0. The summed E-state index contributed by atoms with van der Waals surface area (Å²) in [5.41, 5.74) is 1.62. The van der Waals surface area contributed by atoms with Crippen LogP contribution in [0.3, 0.4) is 0 Å². The molecule has 0 unspecified atom stereocenters. The van der Waals surface area contributed by atoms with Crippen LogP contribution in [0.25, 0.3) is 0 Å². The maximum atomic E-state index is 12.4. The van der Waals surface area contributed by atoms with Crippen LogP contribution in [-0.2, 0) is 9.53 Å². The van der Waals surface area contributed by atoms with Gasteiger partial charge in [0.05, 0.1) is 12.4 Å². The zero-order chi connectivity index (χ0) is 22.2. The van der Waals surface area contributed by atoms with E-state index in [0.717, 1.165) is 5.56 Å². The maximum Gasteiger partial charge on any atom is 0.409 e. The summed E-state index contributed by atoms with van der Waals surface area (Å²) in [4.78, 5) is 39.7. The highest BCUT2D eigenvalue weighted by molar-refractivity contribution is 7.99. The van der Waals surface area contributed by atoms with Gasteiger partial charge in [0.25, 0.3) is 5.91 Å². The van der Waals surface area contributed by atoms with Gasteiger partial charge in [0.15, 0.2) is 5.82 Å². The molecule has 0 saturated carbocycles. The van der Waals surface area contributed by atoms with Crippen molar-refractivity contribution in [3.63, 3.8) is 0 Å². The van der Waals surface area contributed by atoms with Crippen LogP contribution in [0.15, 0.2) is 41.4 Å². The zero-order valence-corrected chi connectivity index (χ0v) is 18.4. The van der Waals surface area contributed by atoms with Crippen LogP contribution in [0.2, 0.25) is 0 Å². The van der Waals surface area contributed by atoms with E-state index in [1.165, 1.54) is 11.8 Å². The number of aromatic nitrogens is 2. The molecule has 0 bridgehead atoms. The van der Waals surface area contributed by atoms with Crippen molar-refractivity contribution in [1.82, 2.24) is 20.0 Å². The number of thioether (sulfide) groups is 1. The molecule has 2 aromatic rings. The molecule has 0 radical (unpaired) electrons. The molecular formula is C21H25N5O4S. The molecule has 1 aliphatic rings. The van der Waals surface area contributed by atoms with Crippen molar-refractivity contribution in [1.29, 1.82) is 0 Å². The van der Waals surface area contributed by atoms with E-state index in [2.05, 4.69) is 15.5 Å². The van der Waals surface area contributed by atoms with E-state index >= 15 is 0 Å². The van der Waals surface area contributed by atoms with E-state index in [9.17, 15) is 14.4 Å². The molecule has 2 heterocycles. The molecular weight excluding hydrogens is 418 g/mol. The Balaban J connectivity index is 1.44. The first kappa shape index (κ1) is 22.5. The van der Waals surface area contributed by atoms with Crippen LogP contribution in [0, 0.1) is 6.92 Å². The number of hydrogen-bond donors (Lipinski definition) is 1. The van der Waals surface area contributed by atoms with Gasteiger partial charge in [-0.3, -0.25) is 9.59 Å². The normalized spacial score (nSPS) is 13.6. The first-order chi connectivity index (χ1) is 15.0. The third-order valence-electron chi connectivity index (χ3n) is 4.70. The van der Waals surface area contributed by atoms with Gasteiger partial charge in [-0.05, 0) is 38.1 Å². The van der Waals surface area contributed by atoms with Crippen LogP contribution in [0.5, 0.6) is 0 Å². The van der Waals surface area contributed by atoms with Gasteiger partial charge in [0, 0.05) is 31.7 Å². The molecule has 164 valence electrons. The molecule has 0 atom stereocenters. The van der Waals surface area contributed by atoms with Crippen molar-refractivity contribution < 1.29 is 19.1 Å². The molecule has 1 aliphatic heterocycles. The number of hydrogen-bond acceptors (Lipinski definition) is 7. The van der Waals surface area contributed by atoms with Crippen molar-refractivity contribution in [3.8, 4) is 0 Å². The Kier molecular flexibility index (Phi) is 7.82. The fourth-order valence-electron chi connectivity index (χ4n) is 2.94. The maximum absolute atomic E-state index is 12.4. The van der Waals surface area contributed by atoms with E-state index in [4.69, 9.17) is 4.74 Å². The van der Waals surface area contributed by atoms with Crippen molar-refractivity contribution >= 4 is 35.5 Å². The van der Waals surface area contributed by atoms with Gasteiger partial charge in [-0.25, -0.2) is 4.79 Å². The molecule has 1 aromatic heterocycles. The topological polar surface area (TPSA) is 105 Å². The number of amides is 3. The highest BCUT2D eigenvalue weighted by atomic mass is 32.2. The number of nitrogens with one attached hydrogen (secondary N) is 1. The minimum Gasteiger partial charge on any atom is -0.450 e. The number of carbonyl (C=O) groups excluding carboxylic acids is 3. The van der Waals surface area contributed by atoms with Crippen molar-refractivity contribution in [2.75, 3.05) is 43.9 Å². The number of ether oxygens (including phenoxy) is 1. The second-order valence-corrected chi connectivity index (χ2v) is 7.93. The largest absolute Gasteiger partial charge is 0.450 e. The summed E-state index contributed by atoms with van der Waals surface area (Å²) in [5, 5.41) is 11.4. The van der Waals surface area contributed by atoms with Gasteiger partial charge >= 0.3 is 6.09 Å². The number of nitrogens with zero attached hydrogens (tertiary/aromatic N) is 4. The molecule has 0 spiro atoms. The Hall–Kier alpha value is -3.14. The van der Waals surface area contributed by atoms with Crippen LogP contribution in [0.1, 0.15) is 22.8 Å². The van der Waals surface area contributed by atoms with Crippen LogP contribution >= 0.6 is 11.8 Å². The first-order valence-corrected chi connectivity index (χ1v) is 11.0. The van der Waals surface area contributed by atoms with E-state index in [1.807, 2.05) is 19.1 Å². The van der Waals surface area contributed by atoms with E-state index in [1.54, 1.807) is 41.0 Å². The van der Waals surface area contributed by atoms with E-state index < -0.39 is 0 Å². The van der Waals surface area contributed by atoms with Crippen molar-refractivity contribution in [3.05, 3.63) is 47.5 Å². The lowest BCUT2D eigenvalue weighted by atomic mass is 10.1. The molecule has 31 heavy (non-hydrogen) atoms. The fourth-order valence-corrected chi connectivity index (χ4v) is 3.65. The minimum absolute atomic E-state index is 0.0212. The summed E-state index contributed by atoms with van der Waals surface area (Å²) >= 11 is 1.28. The summed E-state index contributed by atoms with van der Waals surface area (Å²) < 4.78 is 4.98. The van der Waals surface area contributed by atoms with Crippen LogP contribution in [-0.4, -0.2) is 76.4 Å². The van der Waals surface area contributed by atoms with Crippen molar-refractivity contribution in [2.45, 2.75) is 18.9 Å². The average molecular weight is 444 g/mol. The van der Waals surface area contributed by atoms with Gasteiger partial charge in [0.2, 0.25) is 5.91 Å². The van der Waals surface area contributed by atoms with Gasteiger partial charge in [-0.15, -0.1) is 10.2 Å². The van der Waals surface area contributed by atoms with Gasteiger partial charge in [0.1, 0.15) is 5.03 Å².